The van der Waals surface area contributed by atoms with Crippen molar-refractivity contribution in [1.29, 1.82) is 0 Å². The van der Waals surface area contributed by atoms with Crippen LogP contribution in [-0.2, 0) is 6.42 Å². The fourth-order valence-corrected chi connectivity index (χ4v) is 3.00. The highest BCUT2D eigenvalue weighted by Crippen LogP contribution is 2.18. The molecule has 2 heteroatoms. The number of aryl methyl sites for hydroxylation is 3. The summed E-state index contributed by atoms with van der Waals surface area (Å²) in [5.74, 6) is 0. The van der Waals surface area contributed by atoms with Gasteiger partial charge in [0.1, 0.15) is 0 Å². The van der Waals surface area contributed by atoms with E-state index in [9.17, 15) is 0 Å². The Morgan fingerprint density at radius 3 is 2.47 bits per heavy atom. The van der Waals surface area contributed by atoms with Crippen LogP contribution < -0.4 is 10.6 Å². The zero-order valence-electron chi connectivity index (χ0n) is 13.1. The standard InChI is InChI=1S/C17H28N2/c1-12-8-14(3)15(9-13(12)2)6-7-18-16-10-17(4,5)19-11-16/h8-9,16,18-19H,6-7,10-11H2,1-5H3. The number of hydrogen-bond acceptors (Lipinski definition) is 2. The van der Waals surface area contributed by atoms with Crippen molar-refractivity contribution in [3.8, 4) is 0 Å². The van der Waals surface area contributed by atoms with Gasteiger partial charge in [-0.25, -0.2) is 0 Å². The van der Waals surface area contributed by atoms with Gasteiger partial charge in [0, 0.05) is 18.1 Å². The highest BCUT2D eigenvalue weighted by atomic mass is 15.1. The zero-order chi connectivity index (χ0) is 14.0. The van der Waals surface area contributed by atoms with Crippen molar-refractivity contribution < 1.29 is 0 Å². The third-order valence-electron chi connectivity index (χ3n) is 4.36. The van der Waals surface area contributed by atoms with Crippen LogP contribution in [0.2, 0.25) is 0 Å². The van der Waals surface area contributed by atoms with Crippen LogP contribution in [0.4, 0.5) is 0 Å². The molecule has 0 saturated carbocycles. The van der Waals surface area contributed by atoms with E-state index in [-0.39, 0.29) is 0 Å². The van der Waals surface area contributed by atoms with Gasteiger partial charge >= 0.3 is 0 Å². The van der Waals surface area contributed by atoms with E-state index in [1.165, 1.54) is 28.7 Å². The highest BCUT2D eigenvalue weighted by Gasteiger charge is 2.29. The Morgan fingerprint density at radius 2 is 1.84 bits per heavy atom. The van der Waals surface area contributed by atoms with Crippen LogP contribution >= 0.6 is 0 Å². The number of hydrogen-bond donors (Lipinski definition) is 2. The van der Waals surface area contributed by atoms with E-state index in [4.69, 9.17) is 0 Å². The molecule has 0 radical (unpaired) electrons. The van der Waals surface area contributed by atoms with Crippen LogP contribution in [-0.4, -0.2) is 24.7 Å². The Labute approximate surface area is 118 Å². The summed E-state index contributed by atoms with van der Waals surface area (Å²) >= 11 is 0. The second kappa shape index (κ2) is 5.64. The summed E-state index contributed by atoms with van der Waals surface area (Å²) in [7, 11) is 0. The van der Waals surface area contributed by atoms with Crippen molar-refractivity contribution in [2.75, 3.05) is 13.1 Å². The van der Waals surface area contributed by atoms with Gasteiger partial charge in [0.2, 0.25) is 0 Å². The second-order valence-corrected chi connectivity index (χ2v) is 6.73. The molecular weight excluding hydrogens is 232 g/mol. The maximum atomic E-state index is 3.68. The zero-order valence-corrected chi connectivity index (χ0v) is 13.1. The topological polar surface area (TPSA) is 24.1 Å². The first kappa shape index (κ1) is 14.5. The molecule has 1 heterocycles. The van der Waals surface area contributed by atoms with E-state index < -0.39 is 0 Å². The third kappa shape index (κ3) is 3.80. The van der Waals surface area contributed by atoms with E-state index in [1.54, 1.807) is 0 Å². The maximum absolute atomic E-state index is 3.68. The van der Waals surface area contributed by atoms with E-state index in [0.717, 1.165) is 19.5 Å². The minimum Gasteiger partial charge on any atom is -0.312 e. The molecule has 0 spiro atoms. The molecule has 0 aromatic heterocycles. The monoisotopic (exact) mass is 260 g/mol. The van der Waals surface area contributed by atoms with Gasteiger partial charge in [0.15, 0.2) is 0 Å². The largest absolute Gasteiger partial charge is 0.312 e. The first-order valence-electron chi connectivity index (χ1n) is 7.42. The summed E-state index contributed by atoms with van der Waals surface area (Å²) in [6, 6.07) is 5.29. The molecule has 1 aromatic rings. The van der Waals surface area contributed by atoms with E-state index in [0.29, 0.717) is 11.6 Å². The van der Waals surface area contributed by atoms with Crippen molar-refractivity contribution in [3.05, 3.63) is 34.4 Å². The molecule has 2 nitrogen and oxygen atoms in total. The second-order valence-electron chi connectivity index (χ2n) is 6.73. The predicted molar refractivity (Wildman–Crippen MR) is 82.8 cm³/mol. The maximum Gasteiger partial charge on any atom is 0.0210 e. The minimum atomic E-state index is 0.300. The van der Waals surface area contributed by atoms with Crippen LogP contribution in [0.15, 0.2) is 12.1 Å². The Kier molecular flexibility index (Phi) is 4.32. The Hall–Kier alpha value is -0.860. The molecule has 1 aliphatic heterocycles. The SMILES string of the molecule is Cc1cc(C)c(CCNC2CNC(C)(C)C2)cc1C. The average Bonchev–Trinajstić information content (AvgIpc) is 2.65. The lowest BCUT2D eigenvalue weighted by molar-refractivity contribution is 0.443. The molecule has 2 N–H and O–H groups in total. The summed E-state index contributed by atoms with van der Waals surface area (Å²) in [6.45, 7) is 13.3. The molecule has 1 aliphatic rings. The van der Waals surface area contributed by atoms with Crippen molar-refractivity contribution in [3.63, 3.8) is 0 Å². The lowest BCUT2D eigenvalue weighted by Crippen LogP contribution is -2.32. The molecule has 1 atom stereocenters. The number of rotatable bonds is 4. The van der Waals surface area contributed by atoms with Gasteiger partial charge in [-0.3, -0.25) is 0 Å². The van der Waals surface area contributed by atoms with E-state index in [2.05, 4.69) is 57.4 Å². The van der Waals surface area contributed by atoms with Gasteiger partial charge in [-0.15, -0.1) is 0 Å². The molecule has 1 aromatic carbocycles. The fourth-order valence-electron chi connectivity index (χ4n) is 3.00. The van der Waals surface area contributed by atoms with Gasteiger partial charge in [0.25, 0.3) is 0 Å². The van der Waals surface area contributed by atoms with Gasteiger partial charge in [-0.2, -0.15) is 0 Å². The molecule has 1 unspecified atom stereocenters. The first-order valence-corrected chi connectivity index (χ1v) is 7.42. The average molecular weight is 260 g/mol. The fraction of sp³-hybridized carbons (Fsp3) is 0.647. The smallest absolute Gasteiger partial charge is 0.0210 e. The summed E-state index contributed by atoms with van der Waals surface area (Å²) in [6.07, 6.45) is 2.35. The molecule has 0 bridgehead atoms. The number of benzene rings is 1. The lowest BCUT2D eigenvalue weighted by Gasteiger charge is -2.18. The van der Waals surface area contributed by atoms with Gasteiger partial charge < -0.3 is 10.6 Å². The van der Waals surface area contributed by atoms with Crippen LogP contribution in [0.1, 0.15) is 42.5 Å². The summed E-state index contributed by atoms with van der Waals surface area (Å²) in [4.78, 5) is 0. The lowest BCUT2D eigenvalue weighted by atomic mass is 9.98. The predicted octanol–water partition coefficient (Wildman–Crippen LogP) is 2.88. The van der Waals surface area contributed by atoms with Crippen molar-refractivity contribution >= 4 is 0 Å². The quantitative estimate of drug-likeness (QED) is 0.870. The Morgan fingerprint density at radius 1 is 1.16 bits per heavy atom. The van der Waals surface area contributed by atoms with Crippen LogP contribution in [0.25, 0.3) is 0 Å². The molecule has 19 heavy (non-hydrogen) atoms. The first-order chi connectivity index (χ1) is 8.87. The molecule has 1 fully saturated rings. The summed E-state index contributed by atoms with van der Waals surface area (Å²) in [5.41, 5.74) is 6.02. The minimum absolute atomic E-state index is 0.300. The van der Waals surface area contributed by atoms with Crippen LogP contribution in [0, 0.1) is 20.8 Å². The van der Waals surface area contributed by atoms with Crippen molar-refractivity contribution in [2.24, 2.45) is 0 Å². The number of nitrogens with one attached hydrogen (secondary N) is 2. The summed E-state index contributed by atoms with van der Waals surface area (Å²) < 4.78 is 0. The Balaban J connectivity index is 1.85. The Bertz CT molecular complexity index is 449. The van der Waals surface area contributed by atoms with E-state index in [1.807, 2.05) is 0 Å². The van der Waals surface area contributed by atoms with Crippen molar-refractivity contribution in [1.82, 2.24) is 10.6 Å². The highest BCUT2D eigenvalue weighted by molar-refractivity contribution is 5.36. The van der Waals surface area contributed by atoms with Crippen molar-refractivity contribution in [2.45, 2.75) is 59.0 Å². The molecule has 0 amide bonds. The molecule has 0 aliphatic carbocycles. The summed E-state index contributed by atoms with van der Waals surface area (Å²) in [5, 5.41) is 7.24. The molecule has 2 rings (SSSR count). The molecule has 1 saturated heterocycles. The normalized spacial score (nSPS) is 21.8. The molecule has 106 valence electrons. The van der Waals surface area contributed by atoms with E-state index >= 15 is 0 Å². The van der Waals surface area contributed by atoms with Gasteiger partial charge in [-0.05, 0) is 76.3 Å². The van der Waals surface area contributed by atoms with Gasteiger partial charge in [-0.1, -0.05) is 12.1 Å². The third-order valence-corrected chi connectivity index (χ3v) is 4.36. The van der Waals surface area contributed by atoms with Crippen LogP contribution in [0.5, 0.6) is 0 Å². The molecular formula is C17H28N2. The van der Waals surface area contributed by atoms with Gasteiger partial charge in [0.05, 0.1) is 0 Å². The van der Waals surface area contributed by atoms with Crippen LogP contribution in [0.3, 0.4) is 0 Å².